The Labute approximate surface area is 105 Å². The molecule has 0 aromatic carbocycles. The predicted octanol–water partition coefficient (Wildman–Crippen LogP) is 1.72. The van der Waals surface area contributed by atoms with Crippen LogP contribution in [0.4, 0.5) is 0 Å². The zero-order valence-corrected chi connectivity index (χ0v) is 11.8. The lowest BCUT2D eigenvalue weighted by Crippen LogP contribution is -2.41. The molecule has 4 heteroatoms. The largest absolute Gasteiger partial charge is 0.396 e. The van der Waals surface area contributed by atoms with Gasteiger partial charge in [0.1, 0.15) is 0 Å². The molecule has 0 fully saturated rings. The SMILES string of the molecule is CCC(CC)(CO)CNC(=O)CC(C)(C)OC. The molecule has 0 saturated heterocycles. The van der Waals surface area contributed by atoms with Crippen molar-refractivity contribution in [2.45, 2.75) is 52.6 Å². The van der Waals surface area contributed by atoms with Gasteiger partial charge in [0, 0.05) is 19.1 Å². The third-order valence-corrected chi connectivity index (χ3v) is 3.63. The second-order valence-corrected chi connectivity index (χ2v) is 5.28. The molecule has 0 aromatic rings. The normalized spacial score (nSPS) is 12.6. The maximum atomic E-state index is 11.7. The molecule has 0 atom stereocenters. The van der Waals surface area contributed by atoms with Crippen LogP contribution in [0, 0.1) is 5.41 Å². The lowest BCUT2D eigenvalue weighted by molar-refractivity contribution is -0.126. The molecule has 0 bridgehead atoms. The molecule has 0 aliphatic rings. The molecule has 0 rings (SSSR count). The highest BCUT2D eigenvalue weighted by Gasteiger charge is 2.27. The number of hydrogen-bond donors (Lipinski definition) is 2. The van der Waals surface area contributed by atoms with E-state index in [0.29, 0.717) is 13.0 Å². The first-order chi connectivity index (χ1) is 7.84. The molecule has 0 radical (unpaired) electrons. The molecular formula is C13H27NO3. The van der Waals surface area contributed by atoms with Gasteiger partial charge < -0.3 is 15.2 Å². The quantitative estimate of drug-likeness (QED) is 0.684. The zero-order chi connectivity index (χ0) is 13.5. The van der Waals surface area contributed by atoms with Crippen LogP contribution in [-0.2, 0) is 9.53 Å². The van der Waals surface area contributed by atoms with Crippen molar-refractivity contribution in [3.8, 4) is 0 Å². The molecule has 102 valence electrons. The fourth-order valence-corrected chi connectivity index (χ4v) is 1.59. The molecule has 17 heavy (non-hydrogen) atoms. The van der Waals surface area contributed by atoms with Crippen molar-refractivity contribution in [3.63, 3.8) is 0 Å². The van der Waals surface area contributed by atoms with Gasteiger partial charge in [-0.1, -0.05) is 13.8 Å². The third-order valence-electron chi connectivity index (χ3n) is 3.63. The van der Waals surface area contributed by atoms with E-state index in [1.807, 2.05) is 27.7 Å². The summed E-state index contributed by atoms with van der Waals surface area (Å²) in [5.74, 6) is -0.0309. The van der Waals surface area contributed by atoms with E-state index >= 15 is 0 Å². The van der Waals surface area contributed by atoms with Crippen LogP contribution in [0.2, 0.25) is 0 Å². The molecular weight excluding hydrogens is 218 g/mol. The first-order valence-corrected chi connectivity index (χ1v) is 6.27. The molecule has 0 aromatic heterocycles. The smallest absolute Gasteiger partial charge is 0.222 e. The van der Waals surface area contributed by atoms with E-state index in [0.717, 1.165) is 12.8 Å². The molecule has 0 spiro atoms. The summed E-state index contributed by atoms with van der Waals surface area (Å²) < 4.78 is 5.21. The minimum atomic E-state index is -0.440. The first kappa shape index (κ1) is 16.4. The van der Waals surface area contributed by atoms with E-state index in [-0.39, 0.29) is 17.9 Å². The van der Waals surface area contributed by atoms with Crippen LogP contribution < -0.4 is 5.32 Å². The number of hydrogen-bond acceptors (Lipinski definition) is 3. The summed E-state index contributed by atoms with van der Waals surface area (Å²) in [6, 6.07) is 0. The van der Waals surface area contributed by atoms with Gasteiger partial charge in [-0.3, -0.25) is 4.79 Å². The summed E-state index contributed by atoms with van der Waals surface area (Å²) in [4.78, 5) is 11.7. The number of methoxy groups -OCH3 is 1. The van der Waals surface area contributed by atoms with Crippen molar-refractivity contribution in [1.29, 1.82) is 0 Å². The number of carbonyl (C=O) groups excluding carboxylic acids is 1. The van der Waals surface area contributed by atoms with Crippen LogP contribution in [0.15, 0.2) is 0 Å². The predicted molar refractivity (Wildman–Crippen MR) is 68.8 cm³/mol. The van der Waals surface area contributed by atoms with Crippen LogP contribution in [0.1, 0.15) is 47.0 Å². The van der Waals surface area contributed by atoms with Crippen molar-refractivity contribution in [1.82, 2.24) is 5.32 Å². The van der Waals surface area contributed by atoms with E-state index in [1.54, 1.807) is 7.11 Å². The monoisotopic (exact) mass is 245 g/mol. The molecule has 2 N–H and O–H groups in total. The van der Waals surface area contributed by atoms with Gasteiger partial charge in [0.15, 0.2) is 0 Å². The fraction of sp³-hybridized carbons (Fsp3) is 0.923. The van der Waals surface area contributed by atoms with Gasteiger partial charge in [-0.15, -0.1) is 0 Å². The second kappa shape index (κ2) is 6.97. The molecule has 0 unspecified atom stereocenters. The summed E-state index contributed by atoms with van der Waals surface area (Å²) in [6.45, 7) is 8.45. The number of carbonyl (C=O) groups is 1. The van der Waals surface area contributed by atoms with Gasteiger partial charge in [0.25, 0.3) is 0 Å². The van der Waals surface area contributed by atoms with Crippen molar-refractivity contribution in [3.05, 3.63) is 0 Å². The van der Waals surface area contributed by atoms with E-state index < -0.39 is 5.60 Å². The fourth-order valence-electron chi connectivity index (χ4n) is 1.59. The lowest BCUT2D eigenvalue weighted by Gasteiger charge is -2.30. The maximum Gasteiger partial charge on any atom is 0.222 e. The summed E-state index contributed by atoms with van der Waals surface area (Å²) in [5.41, 5.74) is -0.628. The van der Waals surface area contributed by atoms with Gasteiger partial charge in [-0.2, -0.15) is 0 Å². The summed E-state index contributed by atoms with van der Waals surface area (Å²) in [7, 11) is 1.60. The number of aliphatic hydroxyl groups is 1. The molecule has 0 aliphatic heterocycles. The minimum Gasteiger partial charge on any atom is -0.396 e. The van der Waals surface area contributed by atoms with Crippen molar-refractivity contribution < 1.29 is 14.6 Å². The topological polar surface area (TPSA) is 58.6 Å². The van der Waals surface area contributed by atoms with Gasteiger partial charge in [-0.05, 0) is 26.7 Å². The average molecular weight is 245 g/mol. The van der Waals surface area contributed by atoms with E-state index in [2.05, 4.69) is 5.32 Å². The Hall–Kier alpha value is -0.610. The highest BCUT2D eigenvalue weighted by Crippen LogP contribution is 2.24. The number of aliphatic hydroxyl groups excluding tert-OH is 1. The number of amides is 1. The maximum absolute atomic E-state index is 11.7. The Morgan fingerprint density at radius 3 is 2.18 bits per heavy atom. The van der Waals surface area contributed by atoms with Crippen LogP contribution in [0.3, 0.4) is 0 Å². The molecule has 0 heterocycles. The first-order valence-electron chi connectivity index (χ1n) is 6.27. The number of rotatable bonds is 8. The van der Waals surface area contributed by atoms with Gasteiger partial charge in [0.05, 0.1) is 18.6 Å². The van der Waals surface area contributed by atoms with E-state index in [1.165, 1.54) is 0 Å². The summed E-state index contributed by atoms with van der Waals surface area (Å²) in [5, 5.41) is 12.3. The Kier molecular flexibility index (Phi) is 6.72. The van der Waals surface area contributed by atoms with Crippen molar-refractivity contribution >= 4 is 5.91 Å². The third kappa shape index (κ3) is 5.50. The minimum absolute atomic E-state index is 0.0309. The highest BCUT2D eigenvalue weighted by molar-refractivity contribution is 5.76. The Morgan fingerprint density at radius 2 is 1.82 bits per heavy atom. The zero-order valence-electron chi connectivity index (χ0n) is 11.8. The highest BCUT2D eigenvalue weighted by atomic mass is 16.5. The van der Waals surface area contributed by atoms with Crippen molar-refractivity contribution in [2.75, 3.05) is 20.3 Å². The number of ether oxygens (including phenoxy) is 1. The average Bonchev–Trinajstić information content (AvgIpc) is 2.31. The Morgan fingerprint density at radius 1 is 1.29 bits per heavy atom. The van der Waals surface area contributed by atoms with Crippen LogP contribution in [0.5, 0.6) is 0 Å². The Bertz CT molecular complexity index is 227. The second-order valence-electron chi connectivity index (χ2n) is 5.28. The molecule has 1 amide bonds. The Balaban J connectivity index is 4.23. The molecule has 0 aliphatic carbocycles. The summed E-state index contributed by atoms with van der Waals surface area (Å²) >= 11 is 0. The van der Waals surface area contributed by atoms with Crippen LogP contribution in [0.25, 0.3) is 0 Å². The number of nitrogens with one attached hydrogen (secondary N) is 1. The molecule has 0 saturated carbocycles. The van der Waals surface area contributed by atoms with Crippen LogP contribution >= 0.6 is 0 Å². The van der Waals surface area contributed by atoms with Gasteiger partial charge in [0.2, 0.25) is 5.91 Å². The van der Waals surface area contributed by atoms with Crippen LogP contribution in [-0.4, -0.2) is 36.9 Å². The van der Waals surface area contributed by atoms with Gasteiger partial charge in [-0.25, -0.2) is 0 Å². The standard InChI is InChI=1S/C13H27NO3/c1-6-13(7-2,10-15)9-14-11(16)8-12(3,4)17-5/h15H,6-10H2,1-5H3,(H,14,16). The van der Waals surface area contributed by atoms with Gasteiger partial charge >= 0.3 is 0 Å². The van der Waals surface area contributed by atoms with E-state index in [4.69, 9.17) is 4.74 Å². The van der Waals surface area contributed by atoms with E-state index in [9.17, 15) is 9.90 Å². The molecule has 4 nitrogen and oxygen atoms in total. The lowest BCUT2D eigenvalue weighted by atomic mass is 9.83. The van der Waals surface area contributed by atoms with Crippen molar-refractivity contribution in [2.24, 2.45) is 5.41 Å². The summed E-state index contributed by atoms with van der Waals surface area (Å²) in [6.07, 6.45) is 2.04.